The smallest absolute Gasteiger partial charge is 0.175 e. The van der Waals surface area contributed by atoms with Crippen molar-refractivity contribution < 1.29 is 8.42 Å². The number of nitrogens with zero attached hydrogens (tertiary/aromatic N) is 2. The van der Waals surface area contributed by atoms with E-state index in [2.05, 4.69) is 35.0 Å². The fourth-order valence-electron chi connectivity index (χ4n) is 3.68. The Labute approximate surface area is 158 Å². The highest BCUT2D eigenvalue weighted by molar-refractivity contribution is 7.90. The van der Waals surface area contributed by atoms with Crippen molar-refractivity contribution >= 4 is 31.4 Å². The van der Waals surface area contributed by atoms with Crippen LogP contribution in [0.2, 0.25) is 0 Å². The Kier molecular flexibility index (Phi) is 4.59. The van der Waals surface area contributed by atoms with E-state index in [1.54, 1.807) is 17.4 Å². The number of rotatable bonds is 3. The summed E-state index contributed by atoms with van der Waals surface area (Å²) in [6, 6.07) is 12.4. The monoisotopic (exact) mass is 386 g/mol. The number of fused-ring (bicyclic) bond motifs is 2. The molecule has 0 fully saturated rings. The average molecular weight is 387 g/mol. The molecule has 3 aromatic rings. The van der Waals surface area contributed by atoms with Gasteiger partial charge in [-0.3, -0.25) is 4.90 Å². The third-order valence-electron chi connectivity index (χ3n) is 5.33. The Morgan fingerprint density at radius 1 is 1.08 bits per heavy atom. The van der Waals surface area contributed by atoms with Gasteiger partial charge in [0.05, 0.1) is 20.6 Å². The van der Waals surface area contributed by atoms with Gasteiger partial charge in [0.1, 0.15) is 0 Å². The van der Waals surface area contributed by atoms with Crippen LogP contribution in [0.5, 0.6) is 0 Å². The van der Waals surface area contributed by atoms with Crippen LogP contribution in [-0.4, -0.2) is 37.6 Å². The van der Waals surface area contributed by atoms with Crippen LogP contribution in [0.25, 0.3) is 10.2 Å². The number of sulfone groups is 1. The fourth-order valence-corrected chi connectivity index (χ4v) is 5.01. The molecule has 0 amide bonds. The van der Waals surface area contributed by atoms with Gasteiger partial charge in [-0.1, -0.05) is 12.1 Å². The van der Waals surface area contributed by atoms with Crippen molar-refractivity contribution in [2.45, 2.75) is 30.7 Å². The highest BCUT2D eigenvalue weighted by atomic mass is 32.2. The van der Waals surface area contributed by atoms with Crippen molar-refractivity contribution in [3.8, 4) is 0 Å². The van der Waals surface area contributed by atoms with Crippen LogP contribution in [0.15, 0.2) is 46.8 Å². The summed E-state index contributed by atoms with van der Waals surface area (Å²) < 4.78 is 24.9. The summed E-state index contributed by atoms with van der Waals surface area (Å²) in [6.45, 7) is 4.14. The molecule has 0 saturated carbocycles. The van der Waals surface area contributed by atoms with E-state index < -0.39 is 9.84 Å². The van der Waals surface area contributed by atoms with E-state index in [0.717, 1.165) is 37.0 Å². The SMILES string of the molecule is C[C@@H](c1ccc2scnc2c1)N1CCc2ccc(S(C)(=O)=O)cc2CC1. The Morgan fingerprint density at radius 3 is 2.62 bits per heavy atom. The largest absolute Gasteiger partial charge is 0.296 e. The van der Waals surface area contributed by atoms with Crippen LogP contribution in [0.4, 0.5) is 0 Å². The Bertz CT molecular complexity index is 1060. The summed E-state index contributed by atoms with van der Waals surface area (Å²) in [4.78, 5) is 7.34. The molecule has 4 rings (SSSR count). The highest BCUT2D eigenvalue weighted by Gasteiger charge is 2.21. The van der Waals surface area contributed by atoms with Gasteiger partial charge in [-0.2, -0.15) is 0 Å². The zero-order valence-corrected chi connectivity index (χ0v) is 16.6. The molecule has 0 aliphatic carbocycles. The first-order valence-electron chi connectivity index (χ1n) is 8.81. The van der Waals surface area contributed by atoms with Crippen LogP contribution < -0.4 is 0 Å². The van der Waals surface area contributed by atoms with Crippen LogP contribution in [-0.2, 0) is 22.7 Å². The third kappa shape index (κ3) is 3.41. The first-order valence-corrected chi connectivity index (χ1v) is 11.6. The summed E-state index contributed by atoms with van der Waals surface area (Å²) in [5.74, 6) is 0. The molecule has 2 heterocycles. The van der Waals surface area contributed by atoms with Crippen molar-refractivity contribution in [1.29, 1.82) is 0 Å². The molecule has 6 heteroatoms. The molecule has 0 unspecified atom stereocenters. The number of hydrogen-bond donors (Lipinski definition) is 0. The second-order valence-corrected chi connectivity index (χ2v) is 9.90. The lowest BCUT2D eigenvalue weighted by atomic mass is 10.0. The molecule has 1 aromatic heterocycles. The molecule has 1 aliphatic rings. The first kappa shape index (κ1) is 17.6. The predicted molar refractivity (Wildman–Crippen MR) is 107 cm³/mol. The van der Waals surface area contributed by atoms with Gasteiger partial charge in [-0.15, -0.1) is 11.3 Å². The lowest BCUT2D eigenvalue weighted by molar-refractivity contribution is 0.221. The van der Waals surface area contributed by atoms with Gasteiger partial charge in [-0.25, -0.2) is 13.4 Å². The topological polar surface area (TPSA) is 50.3 Å². The van der Waals surface area contributed by atoms with Crippen LogP contribution in [0.1, 0.15) is 29.7 Å². The maximum absolute atomic E-state index is 11.8. The Morgan fingerprint density at radius 2 is 1.85 bits per heavy atom. The lowest BCUT2D eigenvalue weighted by Gasteiger charge is -2.28. The van der Waals surface area contributed by atoms with E-state index in [-0.39, 0.29) is 0 Å². The average Bonchev–Trinajstić information content (AvgIpc) is 2.98. The molecule has 0 bridgehead atoms. The molecule has 136 valence electrons. The summed E-state index contributed by atoms with van der Waals surface area (Å²) in [6.07, 6.45) is 3.10. The fraction of sp³-hybridized carbons (Fsp3) is 0.350. The van der Waals surface area contributed by atoms with Crippen molar-refractivity contribution in [2.75, 3.05) is 19.3 Å². The van der Waals surface area contributed by atoms with Gasteiger partial charge in [0.2, 0.25) is 0 Å². The minimum absolute atomic E-state index is 0.310. The molecule has 1 aliphatic heterocycles. The summed E-state index contributed by atoms with van der Waals surface area (Å²) in [5, 5.41) is 0. The van der Waals surface area contributed by atoms with Crippen LogP contribution >= 0.6 is 11.3 Å². The first-order chi connectivity index (χ1) is 12.4. The standard InChI is InChI=1S/C20H22N2O2S2/c1-14(16-4-6-20-19(12-16)21-13-25-20)22-9-7-15-3-5-18(26(2,23)24)11-17(15)8-10-22/h3-6,11-14H,7-10H2,1-2H3/t14-/m0/s1. The number of aromatic nitrogens is 1. The number of thiazole rings is 1. The molecule has 1 atom stereocenters. The summed E-state index contributed by atoms with van der Waals surface area (Å²) in [5.41, 5.74) is 6.67. The van der Waals surface area contributed by atoms with Crippen LogP contribution in [0.3, 0.4) is 0 Å². The van der Waals surface area contributed by atoms with Crippen molar-refractivity contribution in [3.05, 3.63) is 58.6 Å². The van der Waals surface area contributed by atoms with Crippen LogP contribution in [0, 0.1) is 0 Å². The molecule has 2 aromatic carbocycles. The molecule has 26 heavy (non-hydrogen) atoms. The molecule has 0 spiro atoms. The highest BCUT2D eigenvalue weighted by Crippen LogP contribution is 2.28. The van der Waals surface area contributed by atoms with E-state index in [1.807, 2.05) is 17.6 Å². The third-order valence-corrected chi connectivity index (χ3v) is 7.25. The number of benzene rings is 2. The van der Waals surface area contributed by atoms with E-state index in [9.17, 15) is 8.42 Å². The van der Waals surface area contributed by atoms with Gasteiger partial charge >= 0.3 is 0 Å². The van der Waals surface area contributed by atoms with Crippen molar-refractivity contribution in [2.24, 2.45) is 0 Å². The maximum Gasteiger partial charge on any atom is 0.175 e. The van der Waals surface area contributed by atoms with Gasteiger partial charge in [0, 0.05) is 25.4 Å². The lowest BCUT2D eigenvalue weighted by Crippen LogP contribution is -2.29. The minimum atomic E-state index is -3.16. The van der Waals surface area contributed by atoms with Gasteiger partial charge < -0.3 is 0 Å². The van der Waals surface area contributed by atoms with Gasteiger partial charge in [0.25, 0.3) is 0 Å². The second kappa shape index (κ2) is 6.76. The molecular weight excluding hydrogens is 364 g/mol. The van der Waals surface area contributed by atoms with E-state index in [1.165, 1.54) is 22.1 Å². The number of hydrogen-bond acceptors (Lipinski definition) is 5. The molecular formula is C20H22N2O2S2. The van der Waals surface area contributed by atoms with Gasteiger partial charge in [-0.05, 0) is 60.7 Å². The van der Waals surface area contributed by atoms with E-state index in [0.29, 0.717) is 10.9 Å². The quantitative estimate of drug-likeness (QED) is 0.686. The van der Waals surface area contributed by atoms with E-state index in [4.69, 9.17) is 0 Å². The normalized spacial score (nSPS) is 17.0. The van der Waals surface area contributed by atoms with Gasteiger partial charge in [0.15, 0.2) is 9.84 Å². The zero-order chi connectivity index (χ0) is 18.3. The molecule has 0 saturated heterocycles. The van der Waals surface area contributed by atoms with E-state index >= 15 is 0 Å². The molecule has 0 N–H and O–H groups in total. The molecule has 4 nitrogen and oxygen atoms in total. The Balaban J connectivity index is 1.56. The van der Waals surface area contributed by atoms with Crippen molar-refractivity contribution in [1.82, 2.24) is 9.88 Å². The minimum Gasteiger partial charge on any atom is -0.296 e. The Hall–Kier alpha value is -1.76. The zero-order valence-electron chi connectivity index (χ0n) is 15.0. The van der Waals surface area contributed by atoms with Crippen molar-refractivity contribution in [3.63, 3.8) is 0 Å². The molecule has 0 radical (unpaired) electrons. The predicted octanol–water partition coefficient (Wildman–Crippen LogP) is 3.86. The summed E-state index contributed by atoms with van der Waals surface area (Å²) in [7, 11) is -3.16. The summed E-state index contributed by atoms with van der Waals surface area (Å²) >= 11 is 1.67. The second-order valence-electron chi connectivity index (χ2n) is 6.99. The maximum atomic E-state index is 11.8.